The lowest BCUT2D eigenvalue weighted by Gasteiger charge is -2.35. The number of fused-ring (bicyclic) bond motifs is 1. The van der Waals surface area contributed by atoms with Crippen LogP contribution in [-0.2, 0) is 0 Å². The Morgan fingerprint density at radius 2 is 1.97 bits per heavy atom. The third kappa shape index (κ3) is 4.21. The summed E-state index contributed by atoms with van der Waals surface area (Å²) in [4.78, 5) is 19.6. The average molecular weight is 444 g/mol. The molecule has 0 unspecified atom stereocenters. The average Bonchev–Trinajstić information content (AvgIpc) is 2.88. The van der Waals surface area contributed by atoms with Gasteiger partial charge in [-0.15, -0.1) is 11.8 Å². The number of hydrogen-bond acceptors (Lipinski definition) is 7. The Morgan fingerprint density at radius 3 is 2.78 bits per heavy atom. The zero-order valence-corrected chi connectivity index (χ0v) is 18.8. The molecule has 0 fully saturated rings. The molecule has 0 atom stereocenters. The first-order valence-corrected chi connectivity index (χ1v) is 11.7. The highest BCUT2D eigenvalue weighted by atomic mass is 32.2. The number of hydrogen-bond donors (Lipinski definition) is 0. The maximum Gasteiger partial charge on any atom is 0.213 e. The first kappa shape index (κ1) is 20.6. The van der Waals surface area contributed by atoms with E-state index in [0.29, 0.717) is 5.88 Å². The van der Waals surface area contributed by atoms with Crippen LogP contribution in [0.3, 0.4) is 0 Å². The van der Waals surface area contributed by atoms with E-state index in [1.807, 2.05) is 48.6 Å². The van der Waals surface area contributed by atoms with E-state index in [-0.39, 0.29) is 0 Å². The predicted octanol–water partition coefficient (Wildman–Crippen LogP) is 5.31. The van der Waals surface area contributed by atoms with Crippen LogP contribution >= 0.6 is 11.8 Å². The van der Waals surface area contributed by atoms with Crippen molar-refractivity contribution in [1.29, 1.82) is 0 Å². The van der Waals surface area contributed by atoms with Gasteiger partial charge in [0.2, 0.25) is 5.88 Å². The number of methoxy groups -OCH3 is 1. The van der Waals surface area contributed by atoms with Crippen LogP contribution in [-0.4, -0.2) is 42.1 Å². The van der Waals surface area contributed by atoms with Crippen LogP contribution < -0.4 is 14.5 Å². The second kappa shape index (κ2) is 9.44. The Morgan fingerprint density at radius 1 is 1.06 bits per heavy atom. The molecule has 6 nitrogen and oxygen atoms in total. The van der Waals surface area contributed by atoms with Gasteiger partial charge in [0.05, 0.1) is 36.6 Å². The SMILES string of the molecule is COc1ccc(N(CC2=C(N3CCSc4ccccc43)N=CCC2)c2cccnc2)cn1. The largest absolute Gasteiger partial charge is 0.481 e. The lowest BCUT2D eigenvalue weighted by molar-refractivity contribution is 0.398. The Hall–Kier alpha value is -3.32. The summed E-state index contributed by atoms with van der Waals surface area (Å²) in [5, 5.41) is 0. The number of nitrogens with zero attached hydrogens (tertiary/aromatic N) is 5. The molecular weight excluding hydrogens is 418 g/mol. The molecule has 0 spiro atoms. The number of aromatic nitrogens is 2. The minimum atomic E-state index is 0.601. The molecule has 0 saturated heterocycles. The topological polar surface area (TPSA) is 53.9 Å². The molecule has 7 heteroatoms. The van der Waals surface area contributed by atoms with Gasteiger partial charge in [-0.05, 0) is 48.7 Å². The van der Waals surface area contributed by atoms with Gasteiger partial charge in [0.15, 0.2) is 0 Å². The second-order valence-electron chi connectivity index (χ2n) is 7.60. The van der Waals surface area contributed by atoms with Crippen molar-refractivity contribution in [3.63, 3.8) is 0 Å². The molecule has 0 saturated carbocycles. The van der Waals surface area contributed by atoms with Crippen molar-refractivity contribution in [2.75, 3.05) is 35.8 Å². The summed E-state index contributed by atoms with van der Waals surface area (Å²) in [6.07, 6.45) is 9.52. The van der Waals surface area contributed by atoms with Crippen LogP contribution in [0.4, 0.5) is 17.1 Å². The predicted molar refractivity (Wildman–Crippen MR) is 131 cm³/mol. The van der Waals surface area contributed by atoms with E-state index in [2.05, 4.69) is 50.1 Å². The monoisotopic (exact) mass is 443 g/mol. The van der Waals surface area contributed by atoms with E-state index < -0.39 is 0 Å². The van der Waals surface area contributed by atoms with E-state index in [9.17, 15) is 0 Å². The van der Waals surface area contributed by atoms with Crippen LogP contribution in [0.2, 0.25) is 0 Å². The van der Waals surface area contributed by atoms with Crippen molar-refractivity contribution in [1.82, 2.24) is 9.97 Å². The van der Waals surface area contributed by atoms with E-state index in [4.69, 9.17) is 9.73 Å². The standard InChI is InChI=1S/C25H25N5OS/c1-31-24-11-10-21(17-28-24)30(20-7-5-12-26-16-20)18-19-6-4-13-27-25(19)29-14-15-32-23-9-3-2-8-22(23)29/h2-3,5,7-13,16-17H,4,6,14-15,18H2,1H3. The molecule has 1 aromatic carbocycles. The molecule has 0 N–H and O–H groups in total. The number of anilines is 3. The van der Waals surface area contributed by atoms with Gasteiger partial charge in [-0.3, -0.25) is 4.98 Å². The van der Waals surface area contributed by atoms with Gasteiger partial charge in [0.1, 0.15) is 5.82 Å². The summed E-state index contributed by atoms with van der Waals surface area (Å²) >= 11 is 1.91. The van der Waals surface area contributed by atoms with Crippen LogP contribution in [0, 0.1) is 0 Å². The Labute approximate surface area is 192 Å². The molecule has 162 valence electrons. The van der Waals surface area contributed by atoms with Crippen molar-refractivity contribution < 1.29 is 4.74 Å². The molecular formula is C25H25N5OS. The van der Waals surface area contributed by atoms with Crippen LogP contribution in [0.5, 0.6) is 5.88 Å². The van der Waals surface area contributed by atoms with Crippen molar-refractivity contribution in [2.45, 2.75) is 17.7 Å². The van der Waals surface area contributed by atoms with E-state index in [1.54, 1.807) is 13.3 Å². The van der Waals surface area contributed by atoms with Gasteiger partial charge < -0.3 is 14.5 Å². The summed E-state index contributed by atoms with van der Waals surface area (Å²) in [5.41, 5.74) is 4.58. The Balaban J connectivity index is 1.54. The van der Waals surface area contributed by atoms with Crippen molar-refractivity contribution >= 4 is 35.0 Å². The number of para-hydroxylation sites is 1. The van der Waals surface area contributed by atoms with Gasteiger partial charge in [-0.2, -0.15) is 0 Å². The molecule has 32 heavy (non-hydrogen) atoms. The summed E-state index contributed by atoms with van der Waals surface area (Å²) in [6.45, 7) is 1.67. The maximum atomic E-state index is 5.26. The maximum absolute atomic E-state index is 5.26. The first-order valence-electron chi connectivity index (χ1n) is 10.7. The zero-order valence-electron chi connectivity index (χ0n) is 18.0. The van der Waals surface area contributed by atoms with Gasteiger partial charge in [-0.1, -0.05) is 12.1 Å². The van der Waals surface area contributed by atoms with Crippen LogP contribution in [0.15, 0.2) is 88.4 Å². The fourth-order valence-corrected chi connectivity index (χ4v) is 5.08. The molecule has 0 bridgehead atoms. The number of thioether (sulfide) groups is 1. The number of pyridine rings is 2. The number of rotatable bonds is 6. The summed E-state index contributed by atoms with van der Waals surface area (Å²) in [6, 6.07) is 16.6. The third-order valence-electron chi connectivity index (χ3n) is 5.64. The summed E-state index contributed by atoms with van der Waals surface area (Å²) in [5.74, 6) is 2.72. The van der Waals surface area contributed by atoms with Gasteiger partial charge >= 0.3 is 0 Å². The molecule has 2 aliphatic heterocycles. The highest BCUT2D eigenvalue weighted by molar-refractivity contribution is 7.99. The van der Waals surface area contributed by atoms with E-state index in [1.165, 1.54) is 16.2 Å². The van der Waals surface area contributed by atoms with Crippen LogP contribution in [0.1, 0.15) is 12.8 Å². The molecule has 2 aromatic heterocycles. The first-order chi connectivity index (χ1) is 15.8. The van der Waals surface area contributed by atoms with E-state index in [0.717, 1.165) is 48.9 Å². The minimum absolute atomic E-state index is 0.601. The Bertz CT molecular complexity index is 1130. The molecule has 3 aromatic rings. The number of ether oxygens (including phenoxy) is 1. The number of aliphatic imine (C=N–C) groups is 1. The highest BCUT2D eigenvalue weighted by Gasteiger charge is 2.25. The van der Waals surface area contributed by atoms with Crippen molar-refractivity contribution in [3.05, 3.63) is 78.5 Å². The molecule has 0 amide bonds. The number of benzene rings is 1. The van der Waals surface area contributed by atoms with Crippen molar-refractivity contribution in [3.8, 4) is 5.88 Å². The lowest BCUT2D eigenvalue weighted by atomic mass is 10.1. The van der Waals surface area contributed by atoms with Gasteiger partial charge in [0, 0.05) is 42.2 Å². The zero-order chi connectivity index (χ0) is 21.8. The third-order valence-corrected chi connectivity index (χ3v) is 6.68. The van der Waals surface area contributed by atoms with Crippen molar-refractivity contribution in [2.24, 2.45) is 4.99 Å². The highest BCUT2D eigenvalue weighted by Crippen LogP contribution is 2.39. The molecule has 0 aliphatic carbocycles. The molecule has 0 radical (unpaired) electrons. The lowest BCUT2D eigenvalue weighted by Crippen LogP contribution is -2.32. The second-order valence-corrected chi connectivity index (χ2v) is 8.74. The quantitative estimate of drug-likeness (QED) is 0.515. The van der Waals surface area contributed by atoms with Crippen LogP contribution in [0.25, 0.3) is 0 Å². The molecule has 4 heterocycles. The fourth-order valence-electron chi connectivity index (χ4n) is 4.08. The normalized spacial score (nSPS) is 15.5. The smallest absolute Gasteiger partial charge is 0.213 e. The molecule has 5 rings (SSSR count). The van der Waals surface area contributed by atoms with E-state index >= 15 is 0 Å². The Kier molecular flexibility index (Phi) is 6.07. The van der Waals surface area contributed by atoms with Gasteiger partial charge in [-0.25, -0.2) is 9.98 Å². The fraction of sp³-hybridized carbons (Fsp3) is 0.240. The summed E-state index contributed by atoms with van der Waals surface area (Å²) < 4.78 is 5.26. The van der Waals surface area contributed by atoms with Gasteiger partial charge in [0.25, 0.3) is 0 Å². The minimum Gasteiger partial charge on any atom is -0.481 e. The molecule has 2 aliphatic rings. The summed E-state index contributed by atoms with van der Waals surface area (Å²) in [7, 11) is 1.63.